The van der Waals surface area contributed by atoms with Crippen LogP contribution in [0.4, 0.5) is 0 Å². The number of ether oxygens (including phenoxy) is 1. The number of rotatable bonds is 2. The molecule has 0 saturated carbocycles. The molecule has 11 heavy (non-hydrogen) atoms. The van der Waals surface area contributed by atoms with E-state index in [1.807, 2.05) is 0 Å². The molecule has 1 aromatic rings. The highest BCUT2D eigenvalue weighted by Crippen LogP contribution is 2.13. The summed E-state index contributed by atoms with van der Waals surface area (Å²) in [5, 5.41) is 2.34. The number of thiazole rings is 1. The van der Waals surface area contributed by atoms with E-state index < -0.39 is 12.0 Å². The van der Waals surface area contributed by atoms with Crippen LogP contribution in [0.3, 0.4) is 0 Å². The lowest BCUT2D eigenvalue weighted by Crippen LogP contribution is -2.22. The van der Waals surface area contributed by atoms with Crippen molar-refractivity contribution >= 4 is 17.3 Å². The van der Waals surface area contributed by atoms with Gasteiger partial charge in [0, 0.05) is 11.6 Å². The minimum Gasteiger partial charge on any atom is -0.468 e. The van der Waals surface area contributed by atoms with Gasteiger partial charge in [0.15, 0.2) is 6.04 Å². The summed E-state index contributed by atoms with van der Waals surface area (Å²) in [5.41, 5.74) is 5.47. The summed E-state index contributed by atoms with van der Waals surface area (Å²) >= 11 is 1.34. The zero-order valence-corrected chi connectivity index (χ0v) is 6.80. The van der Waals surface area contributed by atoms with Crippen molar-refractivity contribution in [3.05, 3.63) is 16.6 Å². The lowest BCUT2D eigenvalue weighted by molar-refractivity contribution is -0.142. The summed E-state index contributed by atoms with van der Waals surface area (Å²) in [5.74, 6) is -0.458. The molecule has 1 atom stereocenters. The molecule has 5 heteroatoms. The number of esters is 1. The highest BCUT2D eigenvalue weighted by molar-refractivity contribution is 7.09. The minimum absolute atomic E-state index is 0.458. The molecule has 60 valence electrons. The van der Waals surface area contributed by atoms with Crippen molar-refractivity contribution in [2.24, 2.45) is 5.73 Å². The van der Waals surface area contributed by atoms with Crippen molar-refractivity contribution in [2.75, 3.05) is 7.11 Å². The van der Waals surface area contributed by atoms with Crippen LogP contribution in [-0.4, -0.2) is 18.1 Å². The van der Waals surface area contributed by atoms with E-state index in [1.165, 1.54) is 18.4 Å². The molecule has 0 spiro atoms. The van der Waals surface area contributed by atoms with Gasteiger partial charge in [-0.15, -0.1) is 11.3 Å². The van der Waals surface area contributed by atoms with Gasteiger partial charge in [-0.3, -0.25) is 0 Å². The number of hydrogen-bond acceptors (Lipinski definition) is 5. The van der Waals surface area contributed by atoms with Gasteiger partial charge in [-0.2, -0.15) is 0 Å². The summed E-state index contributed by atoms with van der Waals surface area (Å²) < 4.78 is 4.44. The Bertz CT molecular complexity index is 235. The quantitative estimate of drug-likeness (QED) is 0.652. The molecule has 1 aromatic heterocycles. The molecule has 1 rings (SSSR count). The molecule has 0 aliphatic rings. The molecule has 0 bridgehead atoms. The first-order chi connectivity index (χ1) is 5.25. The Morgan fingerprint density at radius 2 is 2.64 bits per heavy atom. The van der Waals surface area contributed by atoms with Crippen LogP contribution in [-0.2, 0) is 9.53 Å². The predicted molar refractivity (Wildman–Crippen MR) is 41.1 cm³/mol. The third-order valence-electron chi connectivity index (χ3n) is 1.17. The number of aromatic nitrogens is 1. The van der Waals surface area contributed by atoms with Gasteiger partial charge in [0.2, 0.25) is 0 Å². The van der Waals surface area contributed by atoms with Gasteiger partial charge >= 0.3 is 5.97 Å². The van der Waals surface area contributed by atoms with E-state index in [0.29, 0.717) is 5.01 Å². The monoisotopic (exact) mass is 172 g/mol. The van der Waals surface area contributed by atoms with Crippen LogP contribution in [0.2, 0.25) is 0 Å². The Hall–Kier alpha value is -0.940. The van der Waals surface area contributed by atoms with Gasteiger partial charge in [0.05, 0.1) is 7.11 Å². The smallest absolute Gasteiger partial charge is 0.329 e. The van der Waals surface area contributed by atoms with E-state index >= 15 is 0 Å². The van der Waals surface area contributed by atoms with Crippen LogP contribution < -0.4 is 5.73 Å². The highest BCUT2D eigenvalue weighted by atomic mass is 32.1. The SMILES string of the molecule is COC(=O)C(N)c1nccs1. The van der Waals surface area contributed by atoms with Crippen LogP contribution in [0.15, 0.2) is 11.6 Å². The van der Waals surface area contributed by atoms with E-state index in [-0.39, 0.29) is 0 Å². The topological polar surface area (TPSA) is 65.2 Å². The fourth-order valence-corrected chi connectivity index (χ4v) is 1.24. The van der Waals surface area contributed by atoms with Gasteiger partial charge in [-0.05, 0) is 0 Å². The van der Waals surface area contributed by atoms with E-state index in [9.17, 15) is 4.79 Å². The first-order valence-electron chi connectivity index (χ1n) is 2.98. The molecule has 0 fully saturated rings. The lowest BCUT2D eigenvalue weighted by Gasteiger charge is -2.03. The van der Waals surface area contributed by atoms with Crippen molar-refractivity contribution in [3.8, 4) is 0 Å². The lowest BCUT2D eigenvalue weighted by atomic mass is 10.3. The molecule has 0 saturated heterocycles. The summed E-state index contributed by atoms with van der Waals surface area (Å²) in [6.45, 7) is 0. The number of carbonyl (C=O) groups excluding carboxylic acids is 1. The van der Waals surface area contributed by atoms with Crippen molar-refractivity contribution < 1.29 is 9.53 Å². The first-order valence-corrected chi connectivity index (χ1v) is 3.86. The third kappa shape index (κ3) is 1.75. The summed E-state index contributed by atoms with van der Waals surface area (Å²) in [6, 6.07) is -0.736. The molecule has 0 radical (unpaired) electrons. The highest BCUT2D eigenvalue weighted by Gasteiger charge is 2.17. The van der Waals surface area contributed by atoms with Crippen molar-refractivity contribution in [1.29, 1.82) is 0 Å². The normalized spacial score (nSPS) is 12.5. The number of hydrogen-bond donors (Lipinski definition) is 1. The van der Waals surface area contributed by atoms with Crippen LogP contribution in [0.25, 0.3) is 0 Å². The molecule has 2 N–H and O–H groups in total. The van der Waals surface area contributed by atoms with Gasteiger partial charge in [-0.1, -0.05) is 0 Å². The fraction of sp³-hybridized carbons (Fsp3) is 0.333. The maximum absolute atomic E-state index is 10.8. The van der Waals surface area contributed by atoms with E-state index in [2.05, 4.69) is 9.72 Å². The second-order valence-electron chi connectivity index (χ2n) is 1.87. The molecule has 0 aliphatic carbocycles. The summed E-state index contributed by atoms with van der Waals surface area (Å²) in [4.78, 5) is 14.7. The molecular formula is C6H8N2O2S. The Morgan fingerprint density at radius 3 is 3.09 bits per heavy atom. The largest absolute Gasteiger partial charge is 0.468 e. The van der Waals surface area contributed by atoms with Crippen molar-refractivity contribution in [3.63, 3.8) is 0 Å². The maximum Gasteiger partial charge on any atom is 0.329 e. The average molecular weight is 172 g/mol. The molecule has 0 aromatic carbocycles. The number of nitrogens with two attached hydrogens (primary N) is 1. The van der Waals surface area contributed by atoms with Crippen LogP contribution in [0.1, 0.15) is 11.0 Å². The first kappa shape index (κ1) is 8.16. The maximum atomic E-state index is 10.8. The standard InChI is InChI=1S/C6H8N2O2S/c1-10-6(9)4(7)5-8-2-3-11-5/h2-4H,7H2,1H3. The van der Waals surface area contributed by atoms with Gasteiger partial charge in [-0.25, -0.2) is 9.78 Å². The Morgan fingerprint density at radius 1 is 1.91 bits per heavy atom. The summed E-state index contributed by atoms with van der Waals surface area (Å²) in [7, 11) is 1.30. The zero-order valence-electron chi connectivity index (χ0n) is 5.98. The minimum atomic E-state index is -0.736. The third-order valence-corrected chi connectivity index (χ3v) is 2.03. The van der Waals surface area contributed by atoms with Crippen LogP contribution in [0.5, 0.6) is 0 Å². The second kappa shape index (κ2) is 3.45. The fourth-order valence-electron chi connectivity index (χ4n) is 0.616. The van der Waals surface area contributed by atoms with Crippen molar-refractivity contribution in [2.45, 2.75) is 6.04 Å². The second-order valence-corrected chi connectivity index (χ2v) is 2.80. The average Bonchev–Trinajstić information content (AvgIpc) is 2.53. The van der Waals surface area contributed by atoms with Crippen LogP contribution in [0, 0.1) is 0 Å². The van der Waals surface area contributed by atoms with E-state index in [1.54, 1.807) is 11.6 Å². The van der Waals surface area contributed by atoms with Crippen molar-refractivity contribution in [1.82, 2.24) is 4.98 Å². The molecule has 1 heterocycles. The summed E-state index contributed by atoms with van der Waals surface area (Å²) in [6.07, 6.45) is 1.60. The van der Waals surface area contributed by atoms with E-state index in [4.69, 9.17) is 5.73 Å². The molecule has 0 aliphatic heterocycles. The van der Waals surface area contributed by atoms with Gasteiger partial charge < -0.3 is 10.5 Å². The zero-order chi connectivity index (χ0) is 8.27. The predicted octanol–water partition coefficient (Wildman–Crippen LogP) is 0.316. The number of nitrogens with zero attached hydrogens (tertiary/aromatic N) is 1. The molecule has 4 nitrogen and oxygen atoms in total. The van der Waals surface area contributed by atoms with Gasteiger partial charge in [0.25, 0.3) is 0 Å². The Labute approximate surface area is 68.0 Å². The number of methoxy groups -OCH3 is 1. The number of carbonyl (C=O) groups is 1. The Balaban J connectivity index is 2.70. The van der Waals surface area contributed by atoms with Crippen LogP contribution >= 0.6 is 11.3 Å². The van der Waals surface area contributed by atoms with Gasteiger partial charge in [0.1, 0.15) is 5.01 Å². The molecular weight excluding hydrogens is 164 g/mol. The molecule has 0 amide bonds. The van der Waals surface area contributed by atoms with E-state index in [0.717, 1.165) is 0 Å². The molecule has 1 unspecified atom stereocenters. The Kier molecular flexibility index (Phi) is 2.56.